The second kappa shape index (κ2) is 8.08. The highest BCUT2D eigenvalue weighted by molar-refractivity contribution is 6.39. The second-order valence-electron chi connectivity index (χ2n) is 9.29. The largest absolute Gasteiger partial charge is 0.469 e. The summed E-state index contributed by atoms with van der Waals surface area (Å²) in [7, 11) is 1.40. The van der Waals surface area contributed by atoms with E-state index in [0.717, 1.165) is 49.2 Å². The number of carbonyl (C=O) groups excluding carboxylic acids is 3. The standard InChI is InChI=1S/C27H22N4O4.ClH/c1-35-18(32)10-9-14-12-31-24-13(11-28-14)5-4-7-16(24)20-22-21(26(33)30-27(22)34)19-15-6-2-3-8-17(15)29-23(19)25(20)31;/h2-8,14,28-29H,9-12H2,1H3,(H,30,33,34);1H/t14-;/m0./s1. The van der Waals surface area contributed by atoms with Gasteiger partial charge >= 0.3 is 5.97 Å². The van der Waals surface area contributed by atoms with Crippen LogP contribution in [0.25, 0.3) is 43.6 Å². The number of ether oxygens (including phenoxy) is 1. The number of para-hydroxylation sites is 2. The van der Waals surface area contributed by atoms with Gasteiger partial charge in [-0.05, 0) is 18.1 Å². The van der Waals surface area contributed by atoms with Crippen LogP contribution < -0.4 is 10.6 Å². The fraction of sp³-hybridized carbons (Fsp3) is 0.222. The molecular weight excluding hydrogens is 480 g/mol. The first kappa shape index (κ1) is 22.6. The number of nitrogens with zero attached hydrogens (tertiary/aromatic N) is 1. The number of aromatic amines is 1. The molecule has 0 aliphatic carbocycles. The molecule has 0 saturated heterocycles. The van der Waals surface area contributed by atoms with Gasteiger partial charge in [-0.15, -0.1) is 12.4 Å². The van der Waals surface area contributed by atoms with E-state index in [0.29, 0.717) is 37.1 Å². The van der Waals surface area contributed by atoms with Gasteiger partial charge in [0.05, 0.1) is 34.8 Å². The molecule has 0 radical (unpaired) electrons. The summed E-state index contributed by atoms with van der Waals surface area (Å²) in [5.41, 5.74) is 5.73. The maximum atomic E-state index is 13.2. The molecule has 3 N–H and O–H groups in total. The number of carbonyl (C=O) groups is 3. The van der Waals surface area contributed by atoms with Crippen molar-refractivity contribution < 1.29 is 19.1 Å². The number of halogens is 1. The minimum absolute atomic E-state index is 0. The van der Waals surface area contributed by atoms with E-state index in [9.17, 15) is 14.4 Å². The van der Waals surface area contributed by atoms with E-state index in [2.05, 4.69) is 26.3 Å². The summed E-state index contributed by atoms with van der Waals surface area (Å²) in [5.74, 6) is -0.949. The monoisotopic (exact) mass is 502 g/mol. The number of fused-ring (bicyclic) bond motifs is 10. The molecule has 1 atom stereocenters. The van der Waals surface area contributed by atoms with Gasteiger partial charge in [-0.3, -0.25) is 19.7 Å². The molecule has 5 aromatic rings. The van der Waals surface area contributed by atoms with Gasteiger partial charge in [0.2, 0.25) is 0 Å². The van der Waals surface area contributed by atoms with Crippen LogP contribution in [0.2, 0.25) is 0 Å². The van der Waals surface area contributed by atoms with Gasteiger partial charge in [0.1, 0.15) is 0 Å². The maximum absolute atomic E-state index is 13.2. The van der Waals surface area contributed by atoms with Crippen LogP contribution in [0.5, 0.6) is 0 Å². The van der Waals surface area contributed by atoms with Crippen LogP contribution in [-0.4, -0.2) is 40.5 Å². The average Bonchev–Trinajstić information content (AvgIpc) is 3.44. The quantitative estimate of drug-likeness (QED) is 0.254. The van der Waals surface area contributed by atoms with Gasteiger partial charge in [-0.1, -0.05) is 36.4 Å². The highest BCUT2D eigenvalue weighted by atomic mass is 35.5. The van der Waals surface area contributed by atoms with E-state index in [1.165, 1.54) is 7.11 Å². The lowest BCUT2D eigenvalue weighted by molar-refractivity contribution is -0.140. The van der Waals surface area contributed by atoms with Crippen LogP contribution in [0.1, 0.15) is 39.1 Å². The summed E-state index contributed by atoms with van der Waals surface area (Å²) in [5, 5.41) is 9.57. The summed E-state index contributed by atoms with van der Waals surface area (Å²) < 4.78 is 7.12. The Hall–Kier alpha value is -3.88. The predicted octanol–water partition coefficient (Wildman–Crippen LogP) is 4.16. The Labute approximate surface area is 211 Å². The van der Waals surface area contributed by atoms with Crippen LogP contribution in [0, 0.1) is 0 Å². The Balaban J connectivity index is 0.00000240. The van der Waals surface area contributed by atoms with Crippen LogP contribution in [0.15, 0.2) is 42.5 Å². The number of imide groups is 1. The van der Waals surface area contributed by atoms with Crippen LogP contribution in [0.3, 0.4) is 0 Å². The molecule has 4 heterocycles. The van der Waals surface area contributed by atoms with Crippen molar-refractivity contribution in [3.8, 4) is 0 Å². The summed E-state index contributed by atoms with van der Waals surface area (Å²) in [6.45, 7) is 1.26. The van der Waals surface area contributed by atoms with E-state index in [-0.39, 0.29) is 36.2 Å². The average molecular weight is 503 g/mol. The fourth-order valence-corrected chi connectivity index (χ4v) is 5.96. The Morgan fingerprint density at radius 3 is 2.56 bits per heavy atom. The van der Waals surface area contributed by atoms with Crippen molar-refractivity contribution in [1.82, 2.24) is 20.2 Å². The molecule has 2 amide bonds. The number of benzene rings is 3. The predicted molar refractivity (Wildman–Crippen MR) is 140 cm³/mol. The first-order valence-corrected chi connectivity index (χ1v) is 11.7. The first-order chi connectivity index (χ1) is 17.1. The SMILES string of the molecule is COC(=O)CC[C@H]1Cn2c3c(cccc3c3c4c(c5c6ccccc6[nH]c5c32)C(=O)NC4=O)CN1.Cl. The lowest BCUT2D eigenvalue weighted by Gasteiger charge is -2.17. The van der Waals surface area contributed by atoms with E-state index in [4.69, 9.17) is 4.74 Å². The maximum Gasteiger partial charge on any atom is 0.305 e. The number of amides is 2. The lowest BCUT2D eigenvalue weighted by atomic mass is 9.96. The molecule has 0 unspecified atom stereocenters. The van der Waals surface area contributed by atoms with Crippen molar-refractivity contribution in [3.05, 3.63) is 59.2 Å². The molecule has 2 aliphatic heterocycles. The van der Waals surface area contributed by atoms with Crippen molar-refractivity contribution in [2.75, 3.05) is 7.11 Å². The molecule has 0 spiro atoms. The van der Waals surface area contributed by atoms with Crippen molar-refractivity contribution >= 4 is 73.8 Å². The van der Waals surface area contributed by atoms with Gasteiger partial charge < -0.3 is 19.6 Å². The third kappa shape index (κ3) is 2.95. The van der Waals surface area contributed by atoms with Gasteiger partial charge in [0.15, 0.2) is 0 Å². The number of nitrogens with one attached hydrogen (secondary N) is 3. The Kier molecular flexibility index (Phi) is 5.07. The zero-order valence-corrected chi connectivity index (χ0v) is 20.3. The summed E-state index contributed by atoms with van der Waals surface area (Å²) in [6.07, 6.45) is 0.947. The van der Waals surface area contributed by atoms with Gasteiger partial charge in [-0.25, -0.2) is 0 Å². The molecule has 7 rings (SSSR count). The number of aromatic nitrogens is 2. The van der Waals surface area contributed by atoms with Crippen molar-refractivity contribution in [2.45, 2.75) is 32.0 Å². The Morgan fingerprint density at radius 1 is 1.00 bits per heavy atom. The first-order valence-electron chi connectivity index (χ1n) is 11.7. The molecule has 2 aliphatic rings. The highest BCUT2D eigenvalue weighted by Gasteiger charge is 2.36. The van der Waals surface area contributed by atoms with Gasteiger partial charge in [0, 0.05) is 52.6 Å². The van der Waals surface area contributed by atoms with Gasteiger partial charge in [-0.2, -0.15) is 0 Å². The van der Waals surface area contributed by atoms with Crippen molar-refractivity contribution in [1.29, 1.82) is 0 Å². The van der Waals surface area contributed by atoms with E-state index < -0.39 is 0 Å². The summed E-state index contributed by atoms with van der Waals surface area (Å²) >= 11 is 0. The van der Waals surface area contributed by atoms with Crippen LogP contribution in [-0.2, 0) is 22.6 Å². The minimum Gasteiger partial charge on any atom is -0.469 e. The number of esters is 1. The van der Waals surface area contributed by atoms with Crippen molar-refractivity contribution in [3.63, 3.8) is 0 Å². The molecule has 36 heavy (non-hydrogen) atoms. The lowest BCUT2D eigenvalue weighted by Crippen LogP contribution is -2.31. The number of hydrogen-bond donors (Lipinski definition) is 3. The highest BCUT2D eigenvalue weighted by Crippen LogP contribution is 2.44. The van der Waals surface area contributed by atoms with E-state index in [1.54, 1.807) is 0 Å². The third-order valence-corrected chi connectivity index (χ3v) is 7.45. The van der Waals surface area contributed by atoms with E-state index in [1.807, 2.05) is 36.4 Å². The molecule has 3 aromatic carbocycles. The summed E-state index contributed by atoms with van der Waals surface area (Å²) in [4.78, 5) is 41.6. The number of hydrogen-bond acceptors (Lipinski definition) is 5. The Bertz CT molecular complexity index is 1770. The molecule has 9 heteroatoms. The molecule has 182 valence electrons. The molecule has 0 fully saturated rings. The smallest absolute Gasteiger partial charge is 0.305 e. The molecule has 0 bridgehead atoms. The topological polar surface area (TPSA) is 105 Å². The zero-order valence-electron chi connectivity index (χ0n) is 19.4. The Morgan fingerprint density at radius 2 is 1.75 bits per heavy atom. The molecule has 8 nitrogen and oxygen atoms in total. The van der Waals surface area contributed by atoms with Gasteiger partial charge in [0.25, 0.3) is 11.8 Å². The number of H-pyrrole nitrogens is 1. The zero-order chi connectivity index (χ0) is 23.8. The van der Waals surface area contributed by atoms with Crippen molar-refractivity contribution in [2.24, 2.45) is 0 Å². The minimum atomic E-state index is -0.358. The van der Waals surface area contributed by atoms with Crippen LogP contribution >= 0.6 is 12.4 Å². The third-order valence-electron chi connectivity index (χ3n) is 7.45. The summed E-state index contributed by atoms with van der Waals surface area (Å²) in [6, 6.07) is 14.0. The second-order valence-corrected chi connectivity index (χ2v) is 9.29. The van der Waals surface area contributed by atoms with E-state index >= 15 is 0 Å². The number of methoxy groups -OCH3 is 1. The number of rotatable bonds is 3. The molecule has 2 aromatic heterocycles. The molecular formula is C27H23ClN4O4. The van der Waals surface area contributed by atoms with Crippen LogP contribution in [0.4, 0.5) is 0 Å². The normalized spacial score (nSPS) is 16.9. The molecule has 0 saturated carbocycles. The fourth-order valence-electron chi connectivity index (χ4n) is 5.96.